The summed E-state index contributed by atoms with van der Waals surface area (Å²) in [7, 11) is 1.93. The molecule has 14 heavy (non-hydrogen) atoms. The summed E-state index contributed by atoms with van der Waals surface area (Å²) < 4.78 is 0. The van der Waals surface area contributed by atoms with Gasteiger partial charge in [0.05, 0.1) is 0 Å². The van der Waals surface area contributed by atoms with Crippen LogP contribution in [0, 0.1) is 0 Å². The molecule has 1 aliphatic heterocycles. The van der Waals surface area contributed by atoms with Crippen LogP contribution in [0.5, 0.6) is 0 Å². The van der Waals surface area contributed by atoms with Gasteiger partial charge in [-0.1, -0.05) is 18.2 Å². The minimum Gasteiger partial charge on any atom is -0.326 e. The molecule has 1 heterocycles. The van der Waals surface area contributed by atoms with E-state index in [0.717, 1.165) is 12.1 Å². The summed E-state index contributed by atoms with van der Waals surface area (Å²) in [5.74, 6) is 0.107. The Labute approximate surface area is 83.5 Å². The molecule has 1 aromatic carbocycles. The van der Waals surface area contributed by atoms with Crippen LogP contribution in [0.3, 0.4) is 0 Å². The second-order valence-corrected chi connectivity index (χ2v) is 3.52. The van der Waals surface area contributed by atoms with Gasteiger partial charge < -0.3 is 10.6 Å². The molecule has 0 aromatic heterocycles. The lowest BCUT2D eigenvalue weighted by molar-refractivity contribution is -0.116. The van der Waals surface area contributed by atoms with Crippen molar-refractivity contribution in [2.45, 2.75) is 18.9 Å². The molecule has 0 unspecified atom stereocenters. The van der Waals surface area contributed by atoms with Gasteiger partial charge in [-0.3, -0.25) is 4.79 Å². The number of benzene rings is 1. The molecule has 0 saturated carbocycles. The lowest BCUT2D eigenvalue weighted by Crippen LogP contribution is -2.15. The van der Waals surface area contributed by atoms with Gasteiger partial charge in [-0.25, -0.2) is 0 Å². The predicted molar refractivity (Wildman–Crippen MR) is 56.1 cm³/mol. The Hall–Kier alpha value is -1.35. The fraction of sp³-hybridized carbons (Fsp3) is 0.364. The van der Waals surface area contributed by atoms with E-state index < -0.39 is 0 Å². The molecule has 1 aliphatic rings. The van der Waals surface area contributed by atoms with E-state index in [1.807, 2.05) is 25.2 Å². The van der Waals surface area contributed by atoms with Crippen LogP contribution in [0.2, 0.25) is 0 Å². The van der Waals surface area contributed by atoms with Crippen molar-refractivity contribution in [2.75, 3.05) is 12.4 Å². The van der Waals surface area contributed by atoms with Gasteiger partial charge in [0.15, 0.2) is 0 Å². The molecular weight excluding hydrogens is 176 g/mol. The number of hydrogen-bond acceptors (Lipinski definition) is 2. The summed E-state index contributed by atoms with van der Waals surface area (Å²) >= 11 is 0. The molecule has 0 bridgehead atoms. The maximum Gasteiger partial charge on any atom is 0.224 e. The molecule has 1 amide bonds. The van der Waals surface area contributed by atoms with Gasteiger partial charge >= 0.3 is 0 Å². The van der Waals surface area contributed by atoms with Crippen LogP contribution < -0.4 is 10.6 Å². The van der Waals surface area contributed by atoms with Gasteiger partial charge in [0.25, 0.3) is 0 Å². The number of anilines is 1. The highest BCUT2D eigenvalue weighted by Gasteiger charge is 2.19. The van der Waals surface area contributed by atoms with E-state index >= 15 is 0 Å². The second kappa shape index (κ2) is 3.80. The molecule has 2 N–H and O–H groups in total. The van der Waals surface area contributed by atoms with Crippen LogP contribution in [0.4, 0.5) is 5.69 Å². The topological polar surface area (TPSA) is 41.1 Å². The summed E-state index contributed by atoms with van der Waals surface area (Å²) in [6.45, 7) is 0. The first kappa shape index (κ1) is 9.21. The van der Waals surface area contributed by atoms with Crippen LogP contribution in [0.15, 0.2) is 24.3 Å². The molecule has 0 spiro atoms. The molecule has 3 nitrogen and oxygen atoms in total. The number of rotatable bonds is 1. The summed E-state index contributed by atoms with van der Waals surface area (Å²) in [4.78, 5) is 11.4. The smallest absolute Gasteiger partial charge is 0.224 e. The lowest BCUT2D eigenvalue weighted by atomic mass is 10.0. The third kappa shape index (κ3) is 1.63. The molecule has 2 rings (SSSR count). The van der Waals surface area contributed by atoms with Crippen molar-refractivity contribution >= 4 is 11.6 Å². The zero-order chi connectivity index (χ0) is 9.97. The average Bonchev–Trinajstić information content (AvgIpc) is 2.36. The largest absolute Gasteiger partial charge is 0.326 e. The average molecular weight is 190 g/mol. The summed E-state index contributed by atoms with van der Waals surface area (Å²) in [6.07, 6.45) is 1.44. The van der Waals surface area contributed by atoms with Crippen LogP contribution >= 0.6 is 0 Å². The zero-order valence-corrected chi connectivity index (χ0v) is 8.21. The van der Waals surface area contributed by atoms with Crippen LogP contribution in [-0.2, 0) is 4.79 Å². The van der Waals surface area contributed by atoms with Crippen molar-refractivity contribution in [3.63, 3.8) is 0 Å². The quantitative estimate of drug-likeness (QED) is 0.707. The first-order valence-corrected chi connectivity index (χ1v) is 4.87. The van der Waals surface area contributed by atoms with Crippen molar-refractivity contribution in [3.8, 4) is 0 Å². The van der Waals surface area contributed by atoms with Gasteiger partial charge in [0.1, 0.15) is 0 Å². The van der Waals surface area contributed by atoms with Crippen molar-refractivity contribution in [1.82, 2.24) is 5.32 Å². The predicted octanol–water partition coefficient (Wildman–Crippen LogP) is 1.68. The standard InChI is InChI=1S/C11H14N2O/c1-12-9-6-7-11(14)13-10-5-3-2-4-8(9)10/h2-5,9,12H,6-7H2,1H3,(H,13,14)/t9-/m1/s1. The Kier molecular flexibility index (Phi) is 2.50. The number of amides is 1. The lowest BCUT2D eigenvalue weighted by Gasteiger charge is -2.15. The maximum atomic E-state index is 11.4. The van der Waals surface area contributed by atoms with Gasteiger partial charge in [-0.15, -0.1) is 0 Å². The minimum absolute atomic E-state index is 0.107. The van der Waals surface area contributed by atoms with E-state index in [9.17, 15) is 4.79 Å². The maximum absolute atomic E-state index is 11.4. The van der Waals surface area contributed by atoms with Gasteiger partial charge in [0.2, 0.25) is 5.91 Å². The molecule has 0 fully saturated rings. The molecule has 1 aromatic rings. The van der Waals surface area contributed by atoms with E-state index in [0.29, 0.717) is 6.42 Å². The molecule has 1 atom stereocenters. The van der Waals surface area contributed by atoms with Crippen LogP contribution in [-0.4, -0.2) is 13.0 Å². The van der Waals surface area contributed by atoms with Crippen molar-refractivity contribution in [2.24, 2.45) is 0 Å². The second-order valence-electron chi connectivity index (χ2n) is 3.52. The first-order valence-electron chi connectivity index (χ1n) is 4.87. The Morgan fingerprint density at radius 3 is 3.00 bits per heavy atom. The third-order valence-electron chi connectivity index (χ3n) is 2.62. The fourth-order valence-corrected chi connectivity index (χ4v) is 1.86. The van der Waals surface area contributed by atoms with Crippen molar-refractivity contribution in [1.29, 1.82) is 0 Å². The number of carbonyl (C=O) groups is 1. The molecule has 0 saturated heterocycles. The SMILES string of the molecule is CN[C@@H]1CCC(=O)Nc2ccccc21. The first-order chi connectivity index (χ1) is 6.81. The molecular formula is C11H14N2O. The summed E-state index contributed by atoms with van der Waals surface area (Å²) in [5.41, 5.74) is 2.12. The molecule has 0 radical (unpaired) electrons. The van der Waals surface area contributed by atoms with E-state index in [1.54, 1.807) is 0 Å². The Morgan fingerprint density at radius 2 is 2.21 bits per heavy atom. The zero-order valence-electron chi connectivity index (χ0n) is 8.21. The Balaban J connectivity index is 2.40. The molecule has 0 aliphatic carbocycles. The highest BCUT2D eigenvalue weighted by atomic mass is 16.1. The van der Waals surface area contributed by atoms with E-state index in [-0.39, 0.29) is 11.9 Å². The summed E-state index contributed by atoms with van der Waals surface area (Å²) in [5, 5.41) is 6.14. The van der Waals surface area contributed by atoms with Gasteiger partial charge in [0, 0.05) is 18.2 Å². The van der Waals surface area contributed by atoms with Crippen molar-refractivity contribution < 1.29 is 4.79 Å². The third-order valence-corrected chi connectivity index (χ3v) is 2.62. The number of nitrogens with one attached hydrogen (secondary N) is 2. The van der Waals surface area contributed by atoms with E-state index in [2.05, 4.69) is 16.7 Å². The monoisotopic (exact) mass is 190 g/mol. The number of fused-ring (bicyclic) bond motifs is 1. The fourth-order valence-electron chi connectivity index (χ4n) is 1.86. The van der Waals surface area contributed by atoms with Gasteiger partial charge in [-0.2, -0.15) is 0 Å². The highest BCUT2D eigenvalue weighted by Crippen LogP contribution is 2.28. The molecule has 74 valence electrons. The van der Waals surface area contributed by atoms with Crippen molar-refractivity contribution in [3.05, 3.63) is 29.8 Å². The normalized spacial score (nSPS) is 20.9. The van der Waals surface area contributed by atoms with Gasteiger partial charge in [-0.05, 0) is 25.1 Å². The molecule has 3 heteroatoms. The number of hydrogen-bond donors (Lipinski definition) is 2. The Morgan fingerprint density at radius 1 is 1.43 bits per heavy atom. The van der Waals surface area contributed by atoms with E-state index in [4.69, 9.17) is 0 Å². The van der Waals surface area contributed by atoms with E-state index in [1.165, 1.54) is 5.56 Å². The number of para-hydroxylation sites is 1. The Bertz CT molecular complexity index is 349. The minimum atomic E-state index is 0.107. The van der Waals surface area contributed by atoms with Crippen LogP contribution in [0.25, 0.3) is 0 Å². The van der Waals surface area contributed by atoms with Crippen LogP contribution in [0.1, 0.15) is 24.4 Å². The highest BCUT2D eigenvalue weighted by molar-refractivity contribution is 5.92. The number of carbonyl (C=O) groups excluding carboxylic acids is 1. The summed E-state index contributed by atoms with van der Waals surface area (Å²) in [6, 6.07) is 8.23.